The molecular formula is C12H18N2. The molecule has 0 radical (unpaired) electrons. The fourth-order valence-electron chi connectivity index (χ4n) is 1.77. The predicted octanol–water partition coefficient (Wildman–Crippen LogP) is 2.65. The highest BCUT2D eigenvalue weighted by atomic mass is 14.9. The van der Waals surface area contributed by atoms with Crippen LogP contribution in [-0.4, -0.2) is 6.54 Å². The van der Waals surface area contributed by atoms with Crippen molar-refractivity contribution in [3.8, 4) is 0 Å². The van der Waals surface area contributed by atoms with Crippen LogP contribution >= 0.6 is 0 Å². The summed E-state index contributed by atoms with van der Waals surface area (Å²) in [6, 6.07) is 6.04. The molecule has 0 saturated heterocycles. The van der Waals surface area contributed by atoms with Gasteiger partial charge in [0.05, 0.1) is 0 Å². The zero-order valence-electron chi connectivity index (χ0n) is 8.88. The molecule has 0 bridgehead atoms. The van der Waals surface area contributed by atoms with Gasteiger partial charge >= 0.3 is 0 Å². The Bertz CT molecular complexity index is 333. The standard InChI is InChI=1S/C12H18N2/c1-8-6-10(8)7-14-12-5-3-4-11(13)9(12)2/h3-5,8,10,14H,6-7,13H2,1-2H3. The highest BCUT2D eigenvalue weighted by Crippen LogP contribution is 2.37. The number of benzene rings is 1. The maximum Gasteiger partial charge on any atom is 0.0390 e. The molecule has 0 amide bonds. The van der Waals surface area contributed by atoms with Gasteiger partial charge in [-0.1, -0.05) is 13.0 Å². The van der Waals surface area contributed by atoms with Gasteiger partial charge in [-0.3, -0.25) is 0 Å². The van der Waals surface area contributed by atoms with Gasteiger partial charge in [-0.15, -0.1) is 0 Å². The molecule has 0 aromatic heterocycles. The van der Waals surface area contributed by atoms with E-state index in [2.05, 4.69) is 25.2 Å². The number of nitrogens with two attached hydrogens (primary N) is 1. The quantitative estimate of drug-likeness (QED) is 0.719. The van der Waals surface area contributed by atoms with Crippen molar-refractivity contribution < 1.29 is 0 Å². The van der Waals surface area contributed by atoms with Crippen molar-refractivity contribution >= 4 is 11.4 Å². The molecular weight excluding hydrogens is 172 g/mol. The normalized spacial score (nSPS) is 24.7. The Morgan fingerprint density at radius 2 is 2.21 bits per heavy atom. The van der Waals surface area contributed by atoms with E-state index < -0.39 is 0 Å². The third-order valence-electron chi connectivity index (χ3n) is 3.21. The lowest BCUT2D eigenvalue weighted by Crippen LogP contribution is -2.06. The molecule has 2 heteroatoms. The second-order valence-corrected chi connectivity index (χ2v) is 4.37. The average Bonchev–Trinajstić information content (AvgIpc) is 2.85. The maximum absolute atomic E-state index is 5.83. The van der Waals surface area contributed by atoms with E-state index in [9.17, 15) is 0 Å². The van der Waals surface area contributed by atoms with Gasteiger partial charge < -0.3 is 11.1 Å². The number of hydrogen-bond donors (Lipinski definition) is 2. The van der Waals surface area contributed by atoms with E-state index in [1.165, 1.54) is 17.7 Å². The summed E-state index contributed by atoms with van der Waals surface area (Å²) in [7, 11) is 0. The van der Waals surface area contributed by atoms with Crippen molar-refractivity contribution in [2.45, 2.75) is 20.3 Å². The smallest absolute Gasteiger partial charge is 0.0390 e. The lowest BCUT2D eigenvalue weighted by molar-refractivity contribution is 0.787. The lowest BCUT2D eigenvalue weighted by atomic mass is 10.1. The van der Waals surface area contributed by atoms with Gasteiger partial charge in [-0.05, 0) is 42.9 Å². The molecule has 2 unspecified atom stereocenters. The number of anilines is 2. The van der Waals surface area contributed by atoms with E-state index in [1.54, 1.807) is 0 Å². The average molecular weight is 190 g/mol. The molecule has 0 spiro atoms. The summed E-state index contributed by atoms with van der Waals surface area (Å²) in [5.74, 6) is 1.78. The van der Waals surface area contributed by atoms with E-state index in [-0.39, 0.29) is 0 Å². The molecule has 1 fully saturated rings. The fourth-order valence-corrected chi connectivity index (χ4v) is 1.77. The van der Waals surface area contributed by atoms with Crippen LogP contribution in [0.5, 0.6) is 0 Å². The predicted molar refractivity (Wildman–Crippen MR) is 61.4 cm³/mol. The monoisotopic (exact) mass is 190 g/mol. The fraction of sp³-hybridized carbons (Fsp3) is 0.500. The van der Waals surface area contributed by atoms with Crippen LogP contribution in [0.2, 0.25) is 0 Å². The number of rotatable bonds is 3. The van der Waals surface area contributed by atoms with E-state index in [1.807, 2.05) is 12.1 Å². The van der Waals surface area contributed by atoms with Gasteiger partial charge in [0.1, 0.15) is 0 Å². The first-order valence-electron chi connectivity index (χ1n) is 5.27. The van der Waals surface area contributed by atoms with Gasteiger partial charge in [-0.2, -0.15) is 0 Å². The first kappa shape index (κ1) is 9.38. The van der Waals surface area contributed by atoms with E-state index >= 15 is 0 Å². The topological polar surface area (TPSA) is 38.0 Å². The largest absolute Gasteiger partial charge is 0.398 e. The molecule has 2 atom stereocenters. The van der Waals surface area contributed by atoms with Crippen molar-refractivity contribution in [2.24, 2.45) is 11.8 Å². The van der Waals surface area contributed by atoms with Crippen LogP contribution in [0.3, 0.4) is 0 Å². The first-order valence-corrected chi connectivity index (χ1v) is 5.27. The first-order chi connectivity index (χ1) is 6.68. The molecule has 1 aromatic rings. The molecule has 14 heavy (non-hydrogen) atoms. The molecule has 1 aliphatic carbocycles. The second kappa shape index (κ2) is 3.52. The van der Waals surface area contributed by atoms with Gasteiger partial charge in [0.25, 0.3) is 0 Å². The summed E-state index contributed by atoms with van der Waals surface area (Å²) in [5.41, 5.74) is 9.06. The third kappa shape index (κ3) is 1.84. The zero-order chi connectivity index (χ0) is 10.1. The SMILES string of the molecule is Cc1c(N)cccc1NCC1CC1C. The minimum Gasteiger partial charge on any atom is -0.398 e. The highest BCUT2D eigenvalue weighted by Gasteiger charge is 2.31. The van der Waals surface area contributed by atoms with Crippen molar-refractivity contribution in [3.05, 3.63) is 23.8 Å². The minimum atomic E-state index is 0.871. The summed E-state index contributed by atoms with van der Waals surface area (Å²) in [4.78, 5) is 0. The summed E-state index contributed by atoms with van der Waals surface area (Å²) in [5, 5.41) is 3.47. The van der Waals surface area contributed by atoms with E-state index in [0.717, 1.165) is 24.1 Å². The summed E-state index contributed by atoms with van der Waals surface area (Å²) < 4.78 is 0. The van der Waals surface area contributed by atoms with Crippen molar-refractivity contribution in [1.82, 2.24) is 0 Å². The van der Waals surface area contributed by atoms with Crippen LogP contribution in [0, 0.1) is 18.8 Å². The van der Waals surface area contributed by atoms with E-state index in [4.69, 9.17) is 5.73 Å². The zero-order valence-corrected chi connectivity index (χ0v) is 8.88. The lowest BCUT2D eigenvalue weighted by Gasteiger charge is -2.10. The van der Waals surface area contributed by atoms with Crippen LogP contribution in [0.4, 0.5) is 11.4 Å². The molecule has 2 rings (SSSR count). The Morgan fingerprint density at radius 3 is 2.86 bits per heavy atom. The molecule has 76 valence electrons. The Hall–Kier alpha value is -1.18. The number of nitrogen functional groups attached to an aromatic ring is 1. The Balaban J connectivity index is 1.98. The number of nitrogens with one attached hydrogen (secondary N) is 1. The minimum absolute atomic E-state index is 0.871. The van der Waals surface area contributed by atoms with Gasteiger partial charge in [0.2, 0.25) is 0 Å². The number of hydrogen-bond acceptors (Lipinski definition) is 2. The molecule has 1 saturated carbocycles. The second-order valence-electron chi connectivity index (χ2n) is 4.37. The molecule has 3 N–H and O–H groups in total. The van der Waals surface area contributed by atoms with Crippen LogP contribution in [0.15, 0.2) is 18.2 Å². The summed E-state index contributed by atoms with van der Waals surface area (Å²) in [6.45, 7) is 5.46. The molecule has 0 heterocycles. The molecule has 0 aliphatic heterocycles. The highest BCUT2D eigenvalue weighted by molar-refractivity contribution is 5.62. The van der Waals surface area contributed by atoms with Crippen molar-refractivity contribution in [3.63, 3.8) is 0 Å². The molecule has 1 aromatic carbocycles. The maximum atomic E-state index is 5.83. The van der Waals surface area contributed by atoms with Crippen LogP contribution in [0.25, 0.3) is 0 Å². The third-order valence-corrected chi connectivity index (χ3v) is 3.21. The van der Waals surface area contributed by atoms with Crippen molar-refractivity contribution in [2.75, 3.05) is 17.6 Å². The van der Waals surface area contributed by atoms with E-state index in [0.29, 0.717) is 0 Å². The Labute approximate surface area is 85.5 Å². The van der Waals surface area contributed by atoms with Gasteiger partial charge in [0, 0.05) is 17.9 Å². The van der Waals surface area contributed by atoms with Crippen molar-refractivity contribution in [1.29, 1.82) is 0 Å². The summed E-state index contributed by atoms with van der Waals surface area (Å²) >= 11 is 0. The van der Waals surface area contributed by atoms with Crippen LogP contribution in [-0.2, 0) is 0 Å². The van der Waals surface area contributed by atoms with Gasteiger partial charge in [0.15, 0.2) is 0 Å². The molecule has 2 nitrogen and oxygen atoms in total. The Morgan fingerprint density at radius 1 is 1.50 bits per heavy atom. The molecule has 1 aliphatic rings. The van der Waals surface area contributed by atoms with Crippen LogP contribution in [0.1, 0.15) is 18.9 Å². The van der Waals surface area contributed by atoms with Gasteiger partial charge in [-0.25, -0.2) is 0 Å². The summed E-state index contributed by atoms with van der Waals surface area (Å²) in [6.07, 6.45) is 1.37. The van der Waals surface area contributed by atoms with Crippen LogP contribution < -0.4 is 11.1 Å². The Kier molecular flexibility index (Phi) is 2.36.